The number of carbonyl (C=O) groups excluding carboxylic acids is 2. The smallest absolute Gasteiger partial charge is 0.150 e. The van der Waals surface area contributed by atoms with Gasteiger partial charge < -0.3 is 20.2 Å². The minimum Gasteiger partial charge on any atom is -0.381 e. The second-order valence-corrected chi connectivity index (χ2v) is 9.60. The third kappa shape index (κ3) is 13.1. The molecule has 6 nitrogen and oxygen atoms in total. The first kappa shape index (κ1) is 36.1. The number of allylic oxidation sites excluding steroid dienone is 6. The average Bonchev–Trinajstić information content (AvgIpc) is 2.99. The molecule has 216 valence electrons. The van der Waals surface area contributed by atoms with Crippen molar-refractivity contribution in [2.75, 3.05) is 40.4 Å². The Morgan fingerprint density at radius 1 is 1.05 bits per heavy atom. The van der Waals surface area contributed by atoms with Crippen molar-refractivity contribution in [1.29, 1.82) is 0 Å². The second-order valence-electron chi connectivity index (χ2n) is 9.60. The molecule has 0 aromatic heterocycles. The molecule has 3 rings (SSSR count). The minimum atomic E-state index is 0.00129. The topological polar surface area (TPSA) is 85.0 Å². The zero-order valence-electron chi connectivity index (χ0n) is 25.0. The summed E-state index contributed by atoms with van der Waals surface area (Å²) in [6.45, 7) is 16.3. The molecule has 0 spiro atoms. The predicted octanol–water partition coefficient (Wildman–Crippen LogP) is 6.69. The maximum atomic E-state index is 11.0. The van der Waals surface area contributed by atoms with Crippen LogP contribution < -0.4 is 5.73 Å². The monoisotopic (exact) mass is 537 g/mol. The van der Waals surface area contributed by atoms with E-state index in [1.807, 2.05) is 62.3 Å². The average molecular weight is 538 g/mol. The van der Waals surface area contributed by atoms with E-state index in [9.17, 15) is 4.79 Å². The maximum absolute atomic E-state index is 11.0. The number of rotatable bonds is 8. The van der Waals surface area contributed by atoms with Crippen molar-refractivity contribution in [3.63, 3.8) is 0 Å². The molecule has 2 fully saturated rings. The quantitative estimate of drug-likeness (QED) is 0.173. The predicted molar refractivity (Wildman–Crippen MR) is 167 cm³/mol. The molecule has 6 heteroatoms. The minimum absolute atomic E-state index is 0.00129. The summed E-state index contributed by atoms with van der Waals surface area (Å²) >= 11 is 0. The van der Waals surface area contributed by atoms with Crippen LogP contribution in [-0.4, -0.2) is 64.1 Å². The lowest BCUT2D eigenvalue weighted by Gasteiger charge is -2.36. The van der Waals surface area contributed by atoms with Gasteiger partial charge in [-0.2, -0.15) is 0 Å². The first-order valence-electron chi connectivity index (χ1n) is 13.8. The molecule has 0 saturated carbocycles. The molecule has 2 saturated heterocycles. The van der Waals surface area contributed by atoms with E-state index < -0.39 is 0 Å². The van der Waals surface area contributed by atoms with E-state index in [-0.39, 0.29) is 5.41 Å². The number of benzene rings is 1. The van der Waals surface area contributed by atoms with Gasteiger partial charge in [-0.15, -0.1) is 6.58 Å². The summed E-state index contributed by atoms with van der Waals surface area (Å²) in [5.74, 6) is 0. The number of aliphatic imine (C=N–C) groups is 1. The normalized spacial score (nSPS) is 17.9. The van der Waals surface area contributed by atoms with Crippen LogP contribution in [0.15, 0.2) is 71.8 Å². The molecule has 0 radical (unpaired) electrons. The van der Waals surface area contributed by atoms with E-state index in [2.05, 4.69) is 44.2 Å². The zero-order chi connectivity index (χ0) is 29.5. The molecule has 2 N–H and O–H groups in total. The Morgan fingerprint density at radius 2 is 1.64 bits per heavy atom. The van der Waals surface area contributed by atoms with Gasteiger partial charge in [0.1, 0.15) is 13.1 Å². The second kappa shape index (κ2) is 21.9. The van der Waals surface area contributed by atoms with Crippen LogP contribution >= 0.6 is 0 Å². The van der Waals surface area contributed by atoms with Crippen LogP contribution in [0.25, 0.3) is 5.70 Å². The fourth-order valence-electron chi connectivity index (χ4n) is 4.58. The van der Waals surface area contributed by atoms with Gasteiger partial charge in [-0.25, -0.2) is 0 Å². The van der Waals surface area contributed by atoms with Gasteiger partial charge in [0.05, 0.1) is 5.70 Å². The molecular formula is C33H51N3O3. The van der Waals surface area contributed by atoms with E-state index in [0.717, 1.165) is 61.3 Å². The van der Waals surface area contributed by atoms with Gasteiger partial charge in [0.2, 0.25) is 0 Å². The van der Waals surface area contributed by atoms with Crippen molar-refractivity contribution in [2.45, 2.75) is 59.3 Å². The van der Waals surface area contributed by atoms with Crippen LogP contribution in [0.3, 0.4) is 0 Å². The molecule has 0 unspecified atom stereocenters. The third-order valence-electron chi connectivity index (χ3n) is 6.96. The molecule has 0 atom stereocenters. The van der Waals surface area contributed by atoms with Crippen LogP contribution in [0.5, 0.6) is 0 Å². The van der Waals surface area contributed by atoms with Gasteiger partial charge in [0.25, 0.3) is 0 Å². The number of hydrogen-bond acceptors (Lipinski definition) is 6. The number of likely N-dealkylation sites (tertiary alicyclic amines) is 1. The highest BCUT2D eigenvalue weighted by Gasteiger charge is 2.34. The summed E-state index contributed by atoms with van der Waals surface area (Å²) in [5, 5.41) is 0. The van der Waals surface area contributed by atoms with Gasteiger partial charge in [0, 0.05) is 35.5 Å². The van der Waals surface area contributed by atoms with Crippen molar-refractivity contribution in [3.8, 4) is 0 Å². The Balaban J connectivity index is 0.00000111. The molecule has 1 aromatic rings. The van der Waals surface area contributed by atoms with Gasteiger partial charge in [-0.05, 0) is 85.6 Å². The molecule has 0 aliphatic carbocycles. The number of nitrogens with two attached hydrogens (primary N) is 1. The Labute approximate surface area is 237 Å². The summed E-state index contributed by atoms with van der Waals surface area (Å²) in [7, 11) is 3.69. The number of carbonyl (C=O) groups is 2. The SMILES string of the molecule is C=CCC1(C(C)=N/C(=C(C)/C=C\C=C/C)c2ccc(C=O)cc2)CCOCC1.C=O.CN.CN1CCCCC1. The van der Waals surface area contributed by atoms with Crippen molar-refractivity contribution < 1.29 is 14.3 Å². The third-order valence-corrected chi connectivity index (χ3v) is 6.96. The van der Waals surface area contributed by atoms with E-state index in [0.29, 0.717) is 5.56 Å². The van der Waals surface area contributed by atoms with Gasteiger partial charge in [-0.1, -0.05) is 61.1 Å². The van der Waals surface area contributed by atoms with Gasteiger partial charge in [0.15, 0.2) is 0 Å². The van der Waals surface area contributed by atoms with Crippen LogP contribution in [0.2, 0.25) is 0 Å². The number of hydrogen-bond donors (Lipinski definition) is 1. The molecule has 0 amide bonds. The molecule has 2 heterocycles. The van der Waals surface area contributed by atoms with E-state index in [1.54, 1.807) is 0 Å². The van der Waals surface area contributed by atoms with Crippen molar-refractivity contribution in [2.24, 2.45) is 16.1 Å². The molecule has 0 bridgehead atoms. The zero-order valence-corrected chi connectivity index (χ0v) is 25.0. The maximum Gasteiger partial charge on any atom is 0.150 e. The standard InChI is InChI=1S/C25H31NO2.C6H13N.CH5N.CH2O/c1-5-7-8-9-20(3)24(23-12-10-22(19-27)11-13-23)26-21(4)25(14-6-2)15-17-28-18-16-25;1-7-5-3-2-4-6-7;2*1-2/h5-13,19H,2,14-18H2,1,3-4H3;2-6H2,1H3;2H2,1H3;1H2/b7-5-,9-8-,24-20+,26-21?;;;. The number of piperidine rings is 1. The highest BCUT2D eigenvalue weighted by molar-refractivity contribution is 5.93. The van der Waals surface area contributed by atoms with Crippen molar-refractivity contribution >= 4 is 24.5 Å². The molecule has 2 aliphatic heterocycles. The Bertz CT molecular complexity index is 933. The Kier molecular flexibility index (Phi) is 20.3. The summed E-state index contributed by atoms with van der Waals surface area (Å²) in [6, 6.07) is 7.61. The number of aldehydes is 1. The molecule has 2 aliphatic rings. The van der Waals surface area contributed by atoms with Crippen LogP contribution in [0.4, 0.5) is 0 Å². The van der Waals surface area contributed by atoms with Crippen LogP contribution in [-0.2, 0) is 9.53 Å². The van der Waals surface area contributed by atoms with Crippen LogP contribution in [0.1, 0.15) is 75.2 Å². The summed E-state index contributed by atoms with van der Waals surface area (Å²) in [4.78, 5) is 26.5. The van der Waals surface area contributed by atoms with Crippen molar-refractivity contribution in [1.82, 2.24) is 4.90 Å². The highest BCUT2D eigenvalue weighted by Crippen LogP contribution is 2.37. The molecule has 39 heavy (non-hydrogen) atoms. The fourth-order valence-corrected chi connectivity index (χ4v) is 4.58. The molecular weight excluding hydrogens is 486 g/mol. The van der Waals surface area contributed by atoms with E-state index in [4.69, 9.17) is 14.5 Å². The lowest BCUT2D eigenvalue weighted by molar-refractivity contribution is -0.0980. The highest BCUT2D eigenvalue weighted by atomic mass is 16.5. The van der Waals surface area contributed by atoms with Gasteiger partial charge >= 0.3 is 0 Å². The van der Waals surface area contributed by atoms with Crippen LogP contribution in [0, 0.1) is 5.41 Å². The lowest BCUT2D eigenvalue weighted by Crippen LogP contribution is -2.35. The van der Waals surface area contributed by atoms with E-state index in [1.165, 1.54) is 39.4 Å². The lowest BCUT2D eigenvalue weighted by atomic mass is 9.73. The first-order chi connectivity index (χ1) is 19.0. The first-order valence-corrected chi connectivity index (χ1v) is 13.8. The van der Waals surface area contributed by atoms with Gasteiger partial charge in [-0.3, -0.25) is 9.79 Å². The fraction of sp³-hybridized carbons (Fsp3) is 0.485. The van der Waals surface area contributed by atoms with Crippen molar-refractivity contribution in [3.05, 3.63) is 77.9 Å². The van der Waals surface area contributed by atoms with E-state index >= 15 is 0 Å². The molecule has 1 aromatic carbocycles. The largest absolute Gasteiger partial charge is 0.381 e. The number of ether oxygens (including phenoxy) is 1. The Morgan fingerprint density at radius 3 is 2.10 bits per heavy atom. The summed E-state index contributed by atoms with van der Waals surface area (Å²) < 4.78 is 5.60. The summed E-state index contributed by atoms with van der Waals surface area (Å²) in [6.07, 6.45) is 18.0. The summed E-state index contributed by atoms with van der Waals surface area (Å²) in [5.41, 5.74) is 9.31. The number of nitrogens with zero attached hydrogens (tertiary/aromatic N) is 2. The Hall–Kier alpha value is -2.93.